The summed E-state index contributed by atoms with van der Waals surface area (Å²) in [6.07, 6.45) is 0.743. The molecule has 3 rings (SSSR count). The third-order valence-electron chi connectivity index (χ3n) is 4.49. The number of carbonyl (C=O) groups is 1. The lowest BCUT2D eigenvalue weighted by molar-refractivity contribution is -0.145. The van der Waals surface area contributed by atoms with Gasteiger partial charge >= 0.3 is 5.97 Å². The molecule has 0 saturated heterocycles. The van der Waals surface area contributed by atoms with E-state index < -0.39 is 17.5 Å². The van der Waals surface area contributed by atoms with Crippen LogP contribution < -0.4 is 0 Å². The Hall–Kier alpha value is -2.13. The predicted octanol–water partition coefficient (Wildman–Crippen LogP) is 3.08. The van der Waals surface area contributed by atoms with E-state index in [-0.39, 0.29) is 6.42 Å². The van der Waals surface area contributed by atoms with E-state index in [2.05, 4.69) is 0 Å². The number of carboxylic acids is 1. The van der Waals surface area contributed by atoms with Gasteiger partial charge in [0.05, 0.1) is 11.5 Å². The average molecular weight is 282 g/mol. The highest BCUT2D eigenvalue weighted by molar-refractivity contribution is 5.83. The first-order chi connectivity index (χ1) is 10.1. The third-order valence-corrected chi connectivity index (χ3v) is 4.49. The van der Waals surface area contributed by atoms with Gasteiger partial charge < -0.3 is 10.2 Å². The van der Waals surface area contributed by atoms with Crippen LogP contribution in [0.25, 0.3) is 0 Å². The molecule has 0 radical (unpaired) electrons. The standard InChI is InChI=1S/C18H18O3/c19-16(14-7-2-1-3-8-14)12-18(17(20)21)11-10-13-6-4-5-9-15(13)18/h1-9,16,19H,10-12H2,(H,20,21). The summed E-state index contributed by atoms with van der Waals surface area (Å²) < 4.78 is 0. The molecule has 1 aliphatic rings. The van der Waals surface area contributed by atoms with Crippen molar-refractivity contribution in [3.05, 3.63) is 71.3 Å². The first kappa shape index (κ1) is 13.8. The molecular weight excluding hydrogens is 264 g/mol. The maximum Gasteiger partial charge on any atom is 0.314 e. The minimum atomic E-state index is -0.980. The normalized spacial score (nSPS) is 21.8. The second-order valence-electron chi connectivity index (χ2n) is 5.68. The van der Waals surface area contributed by atoms with E-state index >= 15 is 0 Å². The molecule has 0 aromatic heterocycles. The van der Waals surface area contributed by atoms with E-state index in [1.54, 1.807) is 0 Å². The van der Waals surface area contributed by atoms with Gasteiger partial charge in [-0.25, -0.2) is 0 Å². The second kappa shape index (κ2) is 5.34. The summed E-state index contributed by atoms with van der Waals surface area (Å²) >= 11 is 0. The van der Waals surface area contributed by atoms with Crippen molar-refractivity contribution in [2.24, 2.45) is 0 Å². The molecule has 3 nitrogen and oxygen atoms in total. The van der Waals surface area contributed by atoms with Crippen molar-refractivity contribution in [3.8, 4) is 0 Å². The number of hydrogen-bond acceptors (Lipinski definition) is 2. The summed E-state index contributed by atoms with van der Waals surface area (Å²) in [6, 6.07) is 16.9. The van der Waals surface area contributed by atoms with E-state index in [4.69, 9.17) is 0 Å². The number of fused-ring (bicyclic) bond motifs is 1. The quantitative estimate of drug-likeness (QED) is 0.906. The number of rotatable bonds is 4. The molecule has 2 N–H and O–H groups in total. The molecule has 0 spiro atoms. The maximum absolute atomic E-state index is 11.9. The fraction of sp³-hybridized carbons (Fsp3) is 0.278. The van der Waals surface area contributed by atoms with Crippen molar-refractivity contribution >= 4 is 5.97 Å². The van der Waals surface area contributed by atoms with Crippen LogP contribution in [0.2, 0.25) is 0 Å². The Labute approximate surface area is 123 Å². The first-order valence-corrected chi connectivity index (χ1v) is 7.18. The van der Waals surface area contributed by atoms with Crippen molar-refractivity contribution in [3.63, 3.8) is 0 Å². The van der Waals surface area contributed by atoms with Gasteiger partial charge in [0.25, 0.3) is 0 Å². The Bertz CT molecular complexity index is 651. The van der Waals surface area contributed by atoms with Crippen LogP contribution >= 0.6 is 0 Å². The van der Waals surface area contributed by atoms with Gasteiger partial charge in [0, 0.05) is 0 Å². The summed E-state index contributed by atoms with van der Waals surface area (Å²) in [5, 5.41) is 20.3. The highest BCUT2D eigenvalue weighted by atomic mass is 16.4. The van der Waals surface area contributed by atoms with Gasteiger partial charge in [-0.1, -0.05) is 54.6 Å². The van der Waals surface area contributed by atoms with E-state index in [9.17, 15) is 15.0 Å². The van der Waals surface area contributed by atoms with E-state index in [1.165, 1.54) is 0 Å². The summed E-state index contributed by atoms with van der Waals surface area (Å²) in [5.74, 6) is -0.845. The van der Waals surface area contributed by atoms with Gasteiger partial charge in [-0.2, -0.15) is 0 Å². The molecule has 3 heteroatoms. The number of aliphatic hydroxyl groups is 1. The zero-order valence-corrected chi connectivity index (χ0v) is 11.7. The summed E-state index contributed by atoms with van der Waals surface area (Å²) in [6.45, 7) is 0. The fourth-order valence-corrected chi connectivity index (χ4v) is 3.33. The number of aliphatic hydroxyl groups excluding tert-OH is 1. The molecular formula is C18H18O3. The number of benzene rings is 2. The van der Waals surface area contributed by atoms with Crippen molar-refractivity contribution in [2.45, 2.75) is 30.8 Å². The van der Waals surface area contributed by atoms with Crippen LogP contribution in [0, 0.1) is 0 Å². The van der Waals surface area contributed by atoms with Crippen LogP contribution in [0.15, 0.2) is 54.6 Å². The van der Waals surface area contributed by atoms with Gasteiger partial charge in [-0.3, -0.25) is 4.79 Å². The van der Waals surface area contributed by atoms with Crippen molar-refractivity contribution in [2.75, 3.05) is 0 Å². The SMILES string of the molecule is O=C(O)C1(CC(O)c2ccccc2)CCc2ccccc21. The zero-order chi connectivity index (χ0) is 14.9. The van der Waals surface area contributed by atoms with Crippen LogP contribution in [0.5, 0.6) is 0 Å². The Morgan fingerprint density at radius 1 is 1.10 bits per heavy atom. The number of carboxylic acid groups (broad SMARTS) is 1. The fourth-order valence-electron chi connectivity index (χ4n) is 3.33. The molecule has 0 bridgehead atoms. The van der Waals surface area contributed by atoms with Crippen LogP contribution in [0.1, 0.15) is 35.6 Å². The van der Waals surface area contributed by atoms with Crippen molar-refractivity contribution in [1.29, 1.82) is 0 Å². The molecule has 1 aliphatic carbocycles. The smallest absolute Gasteiger partial charge is 0.314 e. The highest BCUT2D eigenvalue weighted by Gasteiger charge is 2.46. The zero-order valence-electron chi connectivity index (χ0n) is 11.7. The maximum atomic E-state index is 11.9. The molecule has 2 aromatic carbocycles. The minimum absolute atomic E-state index is 0.212. The minimum Gasteiger partial charge on any atom is -0.481 e. The molecule has 0 heterocycles. The first-order valence-electron chi connectivity index (χ1n) is 7.18. The number of aryl methyl sites for hydroxylation is 1. The van der Waals surface area contributed by atoms with E-state index in [0.29, 0.717) is 6.42 Å². The van der Waals surface area contributed by atoms with Crippen molar-refractivity contribution < 1.29 is 15.0 Å². The van der Waals surface area contributed by atoms with Crippen LogP contribution in [-0.4, -0.2) is 16.2 Å². The second-order valence-corrected chi connectivity index (χ2v) is 5.68. The largest absolute Gasteiger partial charge is 0.481 e. The van der Waals surface area contributed by atoms with E-state index in [1.807, 2.05) is 54.6 Å². The summed E-state index contributed by atoms with van der Waals surface area (Å²) in [4.78, 5) is 11.9. The van der Waals surface area contributed by atoms with E-state index in [0.717, 1.165) is 23.1 Å². The monoisotopic (exact) mass is 282 g/mol. The molecule has 0 fully saturated rings. The average Bonchev–Trinajstić information content (AvgIpc) is 2.88. The Kier molecular flexibility index (Phi) is 3.52. The molecule has 0 saturated carbocycles. The lowest BCUT2D eigenvalue weighted by Crippen LogP contribution is -2.35. The molecule has 108 valence electrons. The highest BCUT2D eigenvalue weighted by Crippen LogP contribution is 2.44. The lowest BCUT2D eigenvalue weighted by Gasteiger charge is -2.28. The summed E-state index contributed by atoms with van der Waals surface area (Å²) in [5.41, 5.74) is 1.72. The number of hydrogen-bond donors (Lipinski definition) is 2. The van der Waals surface area contributed by atoms with Crippen LogP contribution in [0.3, 0.4) is 0 Å². The topological polar surface area (TPSA) is 57.5 Å². The Balaban J connectivity index is 1.96. The van der Waals surface area contributed by atoms with Gasteiger partial charge in [0.2, 0.25) is 0 Å². The van der Waals surface area contributed by atoms with Crippen LogP contribution in [0.4, 0.5) is 0 Å². The van der Waals surface area contributed by atoms with Gasteiger partial charge in [-0.05, 0) is 36.0 Å². The van der Waals surface area contributed by atoms with Crippen molar-refractivity contribution in [1.82, 2.24) is 0 Å². The lowest BCUT2D eigenvalue weighted by atomic mass is 9.76. The number of aliphatic carboxylic acids is 1. The predicted molar refractivity (Wildman–Crippen MR) is 80.1 cm³/mol. The van der Waals surface area contributed by atoms with Gasteiger partial charge in [-0.15, -0.1) is 0 Å². The summed E-state index contributed by atoms with van der Waals surface area (Å²) in [7, 11) is 0. The molecule has 0 amide bonds. The molecule has 2 unspecified atom stereocenters. The Morgan fingerprint density at radius 3 is 2.48 bits per heavy atom. The van der Waals surface area contributed by atoms with Gasteiger partial charge in [0.15, 0.2) is 0 Å². The molecule has 2 atom stereocenters. The Morgan fingerprint density at radius 2 is 1.76 bits per heavy atom. The molecule has 0 aliphatic heterocycles. The molecule has 2 aromatic rings. The van der Waals surface area contributed by atoms with Gasteiger partial charge in [0.1, 0.15) is 0 Å². The molecule has 21 heavy (non-hydrogen) atoms. The van der Waals surface area contributed by atoms with Crippen LogP contribution in [-0.2, 0) is 16.6 Å². The third kappa shape index (κ3) is 2.34.